The van der Waals surface area contributed by atoms with E-state index in [1.165, 1.54) is 4.90 Å². The third-order valence-corrected chi connectivity index (χ3v) is 7.74. The fourth-order valence-electron chi connectivity index (χ4n) is 5.45. The maximum atomic E-state index is 12.6. The van der Waals surface area contributed by atoms with Crippen LogP contribution in [0.25, 0.3) is 11.3 Å². The molecule has 14 nitrogen and oxygen atoms in total. The van der Waals surface area contributed by atoms with E-state index >= 15 is 0 Å². The van der Waals surface area contributed by atoms with Crippen LogP contribution in [0.4, 0.5) is 21.2 Å². The summed E-state index contributed by atoms with van der Waals surface area (Å²) in [6, 6.07) is 17.1. The molecule has 2 atom stereocenters. The number of carbonyl (C=O) groups is 3. The Hall–Kier alpha value is -4.95. The van der Waals surface area contributed by atoms with Crippen molar-refractivity contribution in [3.63, 3.8) is 0 Å². The Kier molecular flexibility index (Phi) is 9.92. The number of nitrogens with one attached hydrogen (secondary N) is 2. The molecule has 3 amide bonds. The van der Waals surface area contributed by atoms with Crippen LogP contribution in [0, 0.1) is 0 Å². The number of morpholine rings is 1. The standard InChI is InChI=1S/C34H40N6O8/c1-34(2,3)48-32(42)39-14-15-44-25(18-39)20-46-30-9-5-8-26(36-30)23-7-4-6-22(16-23)17-35-13-12-24-19-40(33(43)47-24)28-11-10-27-31(37-28)38-29(41)21-45-27/h4-11,16,24-25,35H,12-15,17-21H2,1-3H3,(H,37,38,41)/t24-,25?/m0/s1. The fraction of sp³-hybridized carbons (Fsp3) is 0.441. The second-order valence-electron chi connectivity index (χ2n) is 12.7. The van der Waals surface area contributed by atoms with Gasteiger partial charge in [-0.2, -0.15) is 0 Å². The van der Waals surface area contributed by atoms with Crippen LogP contribution in [-0.2, 0) is 25.5 Å². The molecule has 0 radical (unpaired) electrons. The van der Waals surface area contributed by atoms with Crippen LogP contribution in [0.3, 0.4) is 0 Å². The molecule has 48 heavy (non-hydrogen) atoms. The molecule has 0 spiro atoms. The first-order valence-electron chi connectivity index (χ1n) is 16.0. The number of cyclic esters (lactones) is 1. The Balaban J connectivity index is 0.963. The zero-order chi connectivity index (χ0) is 33.7. The molecule has 6 rings (SSSR count). The number of amides is 3. The summed E-state index contributed by atoms with van der Waals surface area (Å²) in [5.74, 6) is 1.33. The van der Waals surface area contributed by atoms with Crippen molar-refractivity contribution < 1.29 is 38.1 Å². The molecular weight excluding hydrogens is 620 g/mol. The van der Waals surface area contributed by atoms with Gasteiger partial charge >= 0.3 is 12.2 Å². The summed E-state index contributed by atoms with van der Waals surface area (Å²) < 4.78 is 28.2. The first-order chi connectivity index (χ1) is 23.1. The van der Waals surface area contributed by atoms with E-state index in [1.807, 2.05) is 51.1 Å². The zero-order valence-electron chi connectivity index (χ0n) is 27.3. The minimum Gasteiger partial charge on any atom is -0.480 e. The number of rotatable bonds is 10. The van der Waals surface area contributed by atoms with Gasteiger partial charge in [0.15, 0.2) is 18.2 Å². The van der Waals surface area contributed by atoms with Crippen LogP contribution >= 0.6 is 0 Å². The van der Waals surface area contributed by atoms with Crippen molar-refractivity contribution in [3.8, 4) is 22.9 Å². The third-order valence-electron chi connectivity index (χ3n) is 7.74. The Bertz CT molecular complexity index is 1650. The third kappa shape index (κ3) is 8.49. The van der Waals surface area contributed by atoms with Gasteiger partial charge in [-0.25, -0.2) is 19.6 Å². The van der Waals surface area contributed by atoms with Crippen molar-refractivity contribution in [2.24, 2.45) is 0 Å². The topological polar surface area (TPSA) is 154 Å². The van der Waals surface area contributed by atoms with E-state index in [2.05, 4.69) is 21.7 Å². The summed E-state index contributed by atoms with van der Waals surface area (Å²) in [5, 5.41) is 6.09. The maximum absolute atomic E-state index is 12.6. The predicted molar refractivity (Wildman–Crippen MR) is 175 cm³/mol. The van der Waals surface area contributed by atoms with Gasteiger partial charge in [0.25, 0.3) is 5.91 Å². The molecular formula is C34H40N6O8. The quantitative estimate of drug-likeness (QED) is 0.304. The van der Waals surface area contributed by atoms with Crippen LogP contribution in [-0.4, -0.2) is 96.8 Å². The average Bonchev–Trinajstić information content (AvgIpc) is 3.45. The van der Waals surface area contributed by atoms with Gasteiger partial charge in [0.1, 0.15) is 30.2 Å². The summed E-state index contributed by atoms with van der Waals surface area (Å²) >= 11 is 0. The molecule has 2 fully saturated rings. The number of benzene rings is 1. The highest BCUT2D eigenvalue weighted by Crippen LogP contribution is 2.30. The van der Waals surface area contributed by atoms with Gasteiger partial charge in [0, 0.05) is 24.7 Å². The summed E-state index contributed by atoms with van der Waals surface area (Å²) in [4.78, 5) is 48.8. The molecule has 0 bridgehead atoms. The largest absolute Gasteiger partial charge is 0.480 e. The minimum absolute atomic E-state index is 0.0607. The first-order valence-corrected chi connectivity index (χ1v) is 16.0. The van der Waals surface area contributed by atoms with Crippen LogP contribution in [0.5, 0.6) is 11.6 Å². The Morgan fingerprint density at radius 3 is 2.77 bits per heavy atom. The molecule has 0 saturated carbocycles. The van der Waals surface area contributed by atoms with E-state index in [0.717, 1.165) is 16.8 Å². The summed E-state index contributed by atoms with van der Waals surface area (Å²) in [5.41, 5.74) is 2.24. The average molecular weight is 661 g/mol. The molecule has 14 heteroatoms. The highest BCUT2D eigenvalue weighted by Gasteiger charge is 2.34. The second kappa shape index (κ2) is 14.4. The van der Waals surface area contributed by atoms with Gasteiger partial charge in [-0.3, -0.25) is 9.69 Å². The highest BCUT2D eigenvalue weighted by atomic mass is 16.6. The molecule has 254 valence electrons. The van der Waals surface area contributed by atoms with E-state index in [9.17, 15) is 14.4 Å². The Morgan fingerprint density at radius 2 is 1.92 bits per heavy atom. The summed E-state index contributed by atoms with van der Waals surface area (Å²) in [7, 11) is 0. The number of hydrogen-bond donors (Lipinski definition) is 2. The number of carbonyl (C=O) groups excluding carboxylic acids is 3. The van der Waals surface area contributed by atoms with Crippen molar-refractivity contribution in [3.05, 3.63) is 60.2 Å². The van der Waals surface area contributed by atoms with Gasteiger partial charge in [0.2, 0.25) is 5.88 Å². The monoisotopic (exact) mass is 660 g/mol. The number of fused-ring (bicyclic) bond motifs is 1. The smallest absolute Gasteiger partial charge is 0.415 e. The van der Waals surface area contributed by atoms with E-state index in [1.54, 1.807) is 23.1 Å². The minimum atomic E-state index is -0.560. The van der Waals surface area contributed by atoms with Gasteiger partial charge in [-0.1, -0.05) is 24.3 Å². The van der Waals surface area contributed by atoms with Gasteiger partial charge in [-0.15, -0.1) is 0 Å². The predicted octanol–water partition coefficient (Wildman–Crippen LogP) is 3.99. The number of pyridine rings is 2. The molecule has 3 aliphatic rings. The molecule has 3 aliphatic heterocycles. The molecule has 2 aromatic heterocycles. The van der Waals surface area contributed by atoms with E-state index < -0.39 is 11.7 Å². The number of nitrogens with zero attached hydrogens (tertiary/aromatic N) is 4. The molecule has 1 unspecified atom stereocenters. The van der Waals surface area contributed by atoms with Crippen molar-refractivity contribution in [1.29, 1.82) is 0 Å². The lowest BCUT2D eigenvalue weighted by Crippen LogP contribution is -2.49. The Labute approximate surface area is 278 Å². The number of ether oxygens (including phenoxy) is 5. The maximum Gasteiger partial charge on any atom is 0.415 e. The van der Waals surface area contributed by atoms with Crippen LogP contribution in [0.15, 0.2) is 54.6 Å². The molecule has 2 saturated heterocycles. The van der Waals surface area contributed by atoms with E-state index in [-0.39, 0.29) is 37.4 Å². The van der Waals surface area contributed by atoms with Crippen LogP contribution in [0.2, 0.25) is 0 Å². The number of hydrogen-bond acceptors (Lipinski definition) is 11. The van der Waals surface area contributed by atoms with Crippen molar-refractivity contribution in [2.75, 3.05) is 56.2 Å². The van der Waals surface area contributed by atoms with Crippen LogP contribution in [0.1, 0.15) is 32.8 Å². The molecule has 5 heterocycles. The lowest BCUT2D eigenvalue weighted by atomic mass is 10.1. The molecule has 1 aromatic carbocycles. The normalized spacial score (nSPS) is 19.2. The lowest BCUT2D eigenvalue weighted by molar-refractivity contribution is -0.118. The van der Waals surface area contributed by atoms with Crippen LogP contribution < -0.4 is 25.0 Å². The zero-order valence-corrected chi connectivity index (χ0v) is 27.3. The van der Waals surface area contributed by atoms with E-state index in [4.69, 9.17) is 28.7 Å². The first kappa shape index (κ1) is 33.0. The molecule has 3 aromatic rings. The van der Waals surface area contributed by atoms with Gasteiger partial charge in [0.05, 0.1) is 25.4 Å². The fourth-order valence-corrected chi connectivity index (χ4v) is 5.45. The van der Waals surface area contributed by atoms with Crippen molar-refractivity contribution in [1.82, 2.24) is 20.2 Å². The summed E-state index contributed by atoms with van der Waals surface area (Å²) in [6.45, 7) is 8.61. The number of anilines is 2. The van der Waals surface area contributed by atoms with Crippen molar-refractivity contribution >= 4 is 29.7 Å². The SMILES string of the molecule is CC(C)(C)OC(=O)N1CCOC(COc2cccc(-c3cccc(CNCC[C@H]4CN(c5ccc6c(n5)NC(=O)CO6)C(=O)O4)c3)n2)C1. The highest BCUT2D eigenvalue weighted by molar-refractivity contribution is 5.95. The summed E-state index contributed by atoms with van der Waals surface area (Å²) in [6.07, 6.45) is -0.802. The van der Waals surface area contributed by atoms with Gasteiger partial charge < -0.3 is 39.2 Å². The van der Waals surface area contributed by atoms with E-state index in [0.29, 0.717) is 69.0 Å². The second-order valence-corrected chi connectivity index (χ2v) is 12.7. The number of aromatic nitrogens is 2. The van der Waals surface area contributed by atoms with Crippen molar-refractivity contribution in [2.45, 2.75) is 51.5 Å². The molecule has 2 N–H and O–H groups in total. The lowest BCUT2D eigenvalue weighted by Gasteiger charge is -2.34. The molecule has 0 aliphatic carbocycles. The van der Waals surface area contributed by atoms with Gasteiger partial charge in [-0.05, 0) is 63.6 Å². The Morgan fingerprint density at radius 1 is 1.06 bits per heavy atom.